The van der Waals surface area contributed by atoms with Crippen LogP contribution in [0.15, 0.2) is 72.8 Å². The Morgan fingerprint density at radius 2 is 0.941 bits per heavy atom. The molecule has 0 aliphatic rings. The maximum absolute atomic E-state index is 12.8. The minimum Gasteiger partial charge on any atom is -0.494 e. The Kier molecular flexibility index (Phi) is 18.3. The summed E-state index contributed by atoms with van der Waals surface area (Å²) < 4.78 is 26.9. The SMILES string of the molecule is CCCCCCCCCCOc1ccc(-c2ccc(C(=O)Oc3ccc(C(=O)O[C@@H](C)C(=O)O[C@@H](C)C(=O)OCCCCCC)cc3)cc2)cc1. The molecule has 0 bridgehead atoms. The van der Waals surface area contributed by atoms with E-state index in [2.05, 4.69) is 13.8 Å². The molecule has 0 heterocycles. The molecule has 0 aromatic heterocycles. The predicted molar refractivity (Wildman–Crippen MR) is 197 cm³/mol. The number of ether oxygens (including phenoxy) is 5. The minimum absolute atomic E-state index is 0.142. The van der Waals surface area contributed by atoms with Gasteiger partial charge in [-0.1, -0.05) is 102 Å². The molecule has 276 valence electrons. The molecule has 0 saturated carbocycles. The van der Waals surface area contributed by atoms with Gasteiger partial charge in [-0.25, -0.2) is 19.2 Å². The normalized spacial score (nSPS) is 12.0. The first-order chi connectivity index (χ1) is 24.7. The molecule has 9 heteroatoms. The van der Waals surface area contributed by atoms with E-state index in [9.17, 15) is 19.2 Å². The van der Waals surface area contributed by atoms with Crippen molar-refractivity contribution >= 4 is 23.9 Å². The van der Waals surface area contributed by atoms with Crippen molar-refractivity contribution in [2.45, 2.75) is 117 Å². The Bertz CT molecular complexity index is 1480. The maximum Gasteiger partial charge on any atom is 0.348 e. The zero-order valence-electron chi connectivity index (χ0n) is 30.7. The Balaban J connectivity index is 1.40. The molecule has 9 nitrogen and oxygen atoms in total. The highest BCUT2D eigenvalue weighted by atomic mass is 16.6. The fraction of sp³-hybridized carbons (Fsp3) is 0.476. The Hall–Kier alpha value is -4.66. The van der Waals surface area contributed by atoms with Crippen LogP contribution in [0.25, 0.3) is 11.1 Å². The summed E-state index contributed by atoms with van der Waals surface area (Å²) in [6.07, 6.45) is 11.5. The molecule has 0 fully saturated rings. The first-order valence-corrected chi connectivity index (χ1v) is 18.5. The van der Waals surface area contributed by atoms with Crippen molar-refractivity contribution in [1.82, 2.24) is 0 Å². The third-order valence-corrected chi connectivity index (χ3v) is 8.36. The van der Waals surface area contributed by atoms with Crippen molar-refractivity contribution in [2.24, 2.45) is 0 Å². The van der Waals surface area contributed by atoms with E-state index >= 15 is 0 Å². The van der Waals surface area contributed by atoms with Gasteiger partial charge in [-0.2, -0.15) is 0 Å². The van der Waals surface area contributed by atoms with E-state index in [4.69, 9.17) is 23.7 Å². The fourth-order valence-corrected chi connectivity index (χ4v) is 5.21. The number of unbranched alkanes of at least 4 members (excludes halogenated alkanes) is 10. The van der Waals surface area contributed by atoms with Crippen LogP contribution >= 0.6 is 0 Å². The monoisotopic (exact) mass is 702 g/mol. The summed E-state index contributed by atoms with van der Waals surface area (Å²) in [7, 11) is 0. The lowest BCUT2D eigenvalue weighted by Crippen LogP contribution is -2.33. The number of hydrogen-bond donors (Lipinski definition) is 0. The molecule has 3 aromatic carbocycles. The van der Waals surface area contributed by atoms with E-state index in [1.165, 1.54) is 83.1 Å². The van der Waals surface area contributed by atoms with Crippen LogP contribution in [0, 0.1) is 0 Å². The largest absolute Gasteiger partial charge is 0.494 e. The van der Waals surface area contributed by atoms with Crippen molar-refractivity contribution in [1.29, 1.82) is 0 Å². The first kappa shape index (κ1) is 40.8. The summed E-state index contributed by atoms with van der Waals surface area (Å²) in [6, 6.07) is 20.8. The van der Waals surface area contributed by atoms with E-state index < -0.39 is 36.1 Å². The van der Waals surface area contributed by atoms with Gasteiger partial charge >= 0.3 is 23.9 Å². The molecule has 0 saturated heterocycles. The lowest BCUT2D eigenvalue weighted by molar-refractivity contribution is -0.171. The predicted octanol–water partition coefficient (Wildman–Crippen LogP) is 9.69. The van der Waals surface area contributed by atoms with Gasteiger partial charge in [-0.3, -0.25) is 0 Å². The number of carbonyl (C=O) groups is 4. The average Bonchev–Trinajstić information content (AvgIpc) is 3.14. The average molecular weight is 703 g/mol. The van der Waals surface area contributed by atoms with E-state index in [0.717, 1.165) is 49.0 Å². The molecule has 0 spiro atoms. The minimum atomic E-state index is -1.26. The fourth-order valence-electron chi connectivity index (χ4n) is 5.21. The van der Waals surface area contributed by atoms with Crippen molar-refractivity contribution in [2.75, 3.05) is 13.2 Å². The van der Waals surface area contributed by atoms with Crippen LogP contribution in [0.4, 0.5) is 0 Å². The van der Waals surface area contributed by atoms with Gasteiger partial charge in [0.25, 0.3) is 0 Å². The molecule has 3 aromatic rings. The molecule has 0 radical (unpaired) electrons. The van der Waals surface area contributed by atoms with E-state index in [-0.39, 0.29) is 17.9 Å². The summed E-state index contributed by atoms with van der Waals surface area (Å²) in [4.78, 5) is 49.9. The molecule has 0 unspecified atom stereocenters. The van der Waals surface area contributed by atoms with Gasteiger partial charge in [0, 0.05) is 0 Å². The molecular weight excluding hydrogens is 648 g/mol. The number of benzene rings is 3. The van der Waals surface area contributed by atoms with Gasteiger partial charge in [-0.05, 0) is 86.3 Å². The highest BCUT2D eigenvalue weighted by molar-refractivity contribution is 5.93. The lowest BCUT2D eigenvalue weighted by Gasteiger charge is -2.16. The van der Waals surface area contributed by atoms with E-state index in [1.807, 2.05) is 36.4 Å². The lowest BCUT2D eigenvalue weighted by atomic mass is 10.0. The summed E-state index contributed by atoms with van der Waals surface area (Å²) in [5.74, 6) is -1.77. The molecule has 0 aliphatic carbocycles. The highest BCUT2D eigenvalue weighted by Crippen LogP contribution is 2.24. The molecule has 0 amide bonds. The van der Waals surface area contributed by atoms with Crippen molar-refractivity contribution in [3.05, 3.63) is 83.9 Å². The zero-order valence-corrected chi connectivity index (χ0v) is 30.7. The second-order valence-electron chi connectivity index (χ2n) is 12.7. The molecule has 0 N–H and O–H groups in total. The van der Waals surface area contributed by atoms with Gasteiger partial charge in [-0.15, -0.1) is 0 Å². The smallest absolute Gasteiger partial charge is 0.348 e. The van der Waals surface area contributed by atoms with Crippen molar-refractivity contribution < 1.29 is 42.9 Å². The maximum atomic E-state index is 12.8. The summed E-state index contributed by atoms with van der Waals surface area (Å²) in [5.41, 5.74) is 2.47. The van der Waals surface area contributed by atoms with Crippen molar-refractivity contribution in [3.63, 3.8) is 0 Å². The number of rotatable bonds is 23. The molecular formula is C42H54O9. The first-order valence-electron chi connectivity index (χ1n) is 18.5. The Labute approximate surface area is 303 Å². The van der Waals surface area contributed by atoms with Gasteiger partial charge in [0.05, 0.1) is 24.3 Å². The van der Waals surface area contributed by atoms with E-state index in [0.29, 0.717) is 12.2 Å². The second-order valence-corrected chi connectivity index (χ2v) is 12.7. The molecule has 3 rings (SSSR count). The van der Waals surface area contributed by atoms with Crippen LogP contribution in [0.2, 0.25) is 0 Å². The summed E-state index contributed by atoms with van der Waals surface area (Å²) in [5, 5.41) is 0. The summed E-state index contributed by atoms with van der Waals surface area (Å²) in [6.45, 7) is 8.06. The highest BCUT2D eigenvalue weighted by Gasteiger charge is 2.26. The molecule has 2 atom stereocenters. The standard InChI is InChI=1S/C42H54O9/c1-5-7-9-11-12-13-14-16-29-47-37-25-21-34(22-26-37)33-17-19-35(20-18-33)42(46)51-38-27-23-36(24-28-38)41(45)50-32(4)40(44)49-31(3)39(43)48-30-15-10-8-6-2/h17-28,31-32H,5-16,29-30H2,1-4H3/t31-,32-/m0/s1. The van der Waals surface area contributed by atoms with Crippen LogP contribution in [-0.4, -0.2) is 49.3 Å². The van der Waals surface area contributed by atoms with Crippen LogP contribution in [0.3, 0.4) is 0 Å². The van der Waals surface area contributed by atoms with Gasteiger partial charge in [0.1, 0.15) is 11.5 Å². The van der Waals surface area contributed by atoms with Crippen LogP contribution in [0.5, 0.6) is 11.5 Å². The van der Waals surface area contributed by atoms with E-state index in [1.54, 1.807) is 12.1 Å². The number of carbonyl (C=O) groups excluding carboxylic acids is 4. The quantitative estimate of drug-likeness (QED) is 0.0412. The third-order valence-electron chi connectivity index (χ3n) is 8.36. The van der Waals surface area contributed by atoms with Gasteiger partial charge in [0.15, 0.2) is 12.2 Å². The molecule has 51 heavy (non-hydrogen) atoms. The Morgan fingerprint density at radius 3 is 1.55 bits per heavy atom. The van der Waals surface area contributed by atoms with Crippen molar-refractivity contribution in [3.8, 4) is 22.6 Å². The topological polar surface area (TPSA) is 114 Å². The number of hydrogen-bond acceptors (Lipinski definition) is 9. The van der Waals surface area contributed by atoms with Crippen LogP contribution in [-0.2, 0) is 23.8 Å². The summed E-state index contributed by atoms with van der Waals surface area (Å²) >= 11 is 0. The van der Waals surface area contributed by atoms with Gasteiger partial charge < -0.3 is 23.7 Å². The third kappa shape index (κ3) is 15.0. The zero-order chi connectivity index (χ0) is 36.8. The van der Waals surface area contributed by atoms with Gasteiger partial charge in [0.2, 0.25) is 0 Å². The number of esters is 4. The molecule has 0 aliphatic heterocycles. The Morgan fingerprint density at radius 1 is 0.490 bits per heavy atom. The van der Waals surface area contributed by atoms with Crippen LogP contribution < -0.4 is 9.47 Å². The van der Waals surface area contributed by atoms with Crippen LogP contribution in [0.1, 0.15) is 125 Å². The second kappa shape index (κ2) is 22.9.